The molecular weight excluding hydrogens is 336 g/mol. The van der Waals surface area contributed by atoms with E-state index in [-0.39, 0.29) is 11.0 Å². The average molecular weight is 358 g/mol. The molecule has 0 atom stereocenters. The molecule has 0 aliphatic carbocycles. The summed E-state index contributed by atoms with van der Waals surface area (Å²) < 4.78 is 6.16. The first-order chi connectivity index (χ1) is 12.8. The normalized spacial score (nSPS) is 11.1. The van der Waals surface area contributed by atoms with E-state index in [0.29, 0.717) is 22.6 Å². The summed E-state index contributed by atoms with van der Waals surface area (Å²) in [5.41, 5.74) is 2.85. The average Bonchev–Trinajstić information content (AvgIpc) is 2.61. The summed E-state index contributed by atoms with van der Waals surface area (Å²) in [5.74, 6) is 1.32. The van der Waals surface area contributed by atoms with Crippen molar-refractivity contribution in [2.75, 3.05) is 0 Å². The van der Waals surface area contributed by atoms with Crippen LogP contribution in [-0.4, -0.2) is 4.98 Å². The lowest BCUT2D eigenvalue weighted by Gasteiger charge is -2.20. The highest BCUT2D eigenvalue weighted by Gasteiger charge is 2.17. The highest BCUT2D eigenvalue weighted by molar-refractivity contribution is 5.76. The van der Waals surface area contributed by atoms with Crippen LogP contribution in [0.1, 0.15) is 37.6 Å². The number of aryl methyl sites for hydroxylation is 1. The van der Waals surface area contributed by atoms with E-state index in [0.717, 1.165) is 5.75 Å². The molecule has 0 aliphatic heterocycles. The predicted molar refractivity (Wildman–Crippen MR) is 107 cm³/mol. The molecule has 27 heavy (non-hydrogen) atoms. The molecule has 1 heterocycles. The molecule has 0 saturated heterocycles. The molecule has 3 aromatic rings. The molecule has 0 fully saturated rings. The molecule has 0 amide bonds. The lowest BCUT2D eigenvalue weighted by atomic mass is 9.87. The van der Waals surface area contributed by atoms with Gasteiger partial charge in [0.2, 0.25) is 0 Å². The van der Waals surface area contributed by atoms with Gasteiger partial charge in [-0.25, -0.2) is 0 Å². The fourth-order valence-corrected chi connectivity index (χ4v) is 2.94. The van der Waals surface area contributed by atoms with Gasteiger partial charge in [0, 0.05) is 16.8 Å². The molecule has 4 heteroatoms. The number of aromatic nitrogens is 1. The Bertz CT molecular complexity index is 1080. The minimum Gasteiger partial charge on any atom is -0.457 e. The maximum atomic E-state index is 12.2. The Morgan fingerprint density at radius 3 is 2.44 bits per heavy atom. The van der Waals surface area contributed by atoms with Gasteiger partial charge < -0.3 is 9.72 Å². The molecular formula is C23H22N2O2. The number of pyridine rings is 1. The molecule has 0 aliphatic rings. The van der Waals surface area contributed by atoms with E-state index in [4.69, 9.17) is 4.74 Å². The lowest BCUT2D eigenvalue weighted by Crippen LogP contribution is -2.13. The van der Waals surface area contributed by atoms with Crippen LogP contribution in [0, 0.1) is 18.3 Å². The Kier molecular flexibility index (Phi) is 4.87. The summed E-state index contributed by atoms with van der Waals surface area (Å²) >= 11 is 0. The first-order valence-corrected chi connectivity index (χ1v) is 8.81. The van der Waals surface area contributed by atoms with Crippen LogP contribution in [0.5, 0.6) is 11.5 Å². The zero-order valence-electron chi connectivity index (χ0n) is 16.0. The van der Waals surface area contributed by atoms with Gasteiger partial charge in [-0.2, -0.15) is 5.26 Å². The van der Waals surface area contributed by atoms with E-state index in [2.05, 4.69) is 31.8 Å². The maximum Gasteiger partial charge on any atom is 0.266 e. The number of hydrogen-bond acceptors (Lipinski definition) is 3. The van der Waals surface area contributed by atoms with Gasteiger partial charge in [-0.05, 0) is 42.2 Å². The van der Waals surface area contributed by atoms with Crippen molar-refractivity contribution < 1.29 is 4.74 Å². The second-order valence-corrected chi connectivity index (χ2v) is 7.56. The van der Waals surface area contributed by atoms with Crippen LogP contribution in [0.3, 0.4) is 0 Å². The van der Waals surface area contributed by atoms with Crippen LogP contribution in [0.2, 0.25) is 0 Å². The summed E-state index contributed by atoms with van der Waals surface area (Å²) in [6, 6.07) is 19.2. The van der Waals surface area contributed by atoms with E-state index in [1.165, 1.54) is 5.56 Å². The van der Waals surface area contributed by atoms with Gasteiger partial charge in [0.1, 0.15) is 23.1 Å². The van der Waals surface area contributed by atoms with Crippen molar-refractivity contribution in [3.8, 4) is 28.7 Å². The maximum absolute atomic E-state index is 12.2. The van der Waals surface area contributed by atoms with Crippen molar-refractivity contribution in [2.24, 2.45) is 0 Å². The van der Waals surface area contributed by atoms with Gasteiger partial charge in [0.05, 0.1) is 0 Å². The number of rotatable bonds is 3. The third-order valence-corrected chi connectivity index (χ3v) is 4.38. The molecule has 136 valence electrons. The summed E-state index contributed by atoms with van der Waals surface area (Å²) in [6.07, 6.45) is 0. The number of nitrogens with zero attached hydrogens (tertiary/aromatic N) is 1. The third-order valence-electron chi connectivity index (χ3n) is 4.38. The zero-order valence-corrected chi connectivity index (χ0v) is 16.0. The minimum absolute atomic E-state index is 0.0106. The highest BCUT2D eigenvalue weighted by atomic mass is 16.5. The van der Waals surface area contributed by atoms with Crippen molar-refractivity contribution in [1.82, 2.24) is 4.98 Å². The second kappa shape index (κ2) is 7.13. The molecule has 1 N–H and O–H groups in total. The minimum atomic E-state index is -0.392. The molecule has 4 nitrogen and oxygen atoms in total. The fraction of sp³-hybridized carbons (Fsp3) is 0.217. The SMILES string of the molecule is Cc1cc(-c2ccccc2Oc2cccc(C(C)(C)C)c2)c(C#N)c(=O)[nH]1. The second-order valence-electron chi connectivity index (χ2n) is 7.56. The summed E-state index contributed by atoms with van der Waals surface area (Å²) in [7, 11) is 0. The van der Waals surface area contributed by atoms with Crippen LogP contribution in [0.15, 0.2) is 59.4 Å². The van der Waals surface area contributed by atoms with Gasteiger partial charge in [-0.15, -0.1) is 0 Å². The van der Waals surface area contributed by atoms with Crippen molar-refractivity contribution in [2.45, 2.75) is 33.1 Å². The van der Waals surface area contributed by atoms with Crippen LogP contribution < -0.4 is 10.3 Å². The molecule has 0 radical (unpaired) electrons. The number of nitriles is 1. The fourth-order valence-electron chi connectivity index (χ4n) is 2.94. The van der Waals surface area contributed by atoms with Crippen molar-refractivity contribution in [1.29, 1.82) is 5.26 Å². The molecule has 2 aromatic carbocycles. The molecule has 0 saturated carbocycles. The van der Waals surface area contributed by atoms with Gasteiger partial charge in [-0.1, -0.05) is 51.1 Å². The molecule has 0 unspecified atom stereocenters. The number of para-hydroxylation sites is 1. The molecule has 0 bridgehead atoms. The van der Waals surface area contributed by atoms with Gasteiger partial charge in [0.15, 0.2) is 0 Å². The molecule has 3 rings (SSSR count). The van der Waals surface area contributed by atoms with Gasteiger partial charge in [0.25, 0.3) is 5.56 Å². The Balaban J connectivity index is 2.10. The largest absolute Gasteiger partial charge is 0.457 e. The number of benzene rings is 2. The smallest absolute Gasteiger partial charge is 0.266 e. The lowest BCUT2D eigenvalue weighted by molar-refractivity contribution is 0.480. The van der Waals surface area contributed by atoms with Crippen LogP contribution in [-0.2, 0) is 5.41 Å². The van der Waals surface area contributed by atoms with Gasteiger partial charge in [-0.3, -0.25) is 4.79 Å². The standard InChI is InChI=1S/C23H22N2O2/c1-15-12-19(20(14-24)22(26)25-15)18-10-5-6-11-21(18)27-17-9-7-8-16(13-17)23(2,3)4/h5-13H,1-4H3,(H,25,26). The quantitative estimate of drug-likeness (QED) is 0.690. The van der Waals surface area contributed by atoms with Crippen LogP contribution >= 0.6 is 0 Å². The van der Waals surface area contributed by atoms with E-state index >= 15 is 0 Å². The van der Waals surface area contributed by atoms with Crippen LogP contribution in [0.25, 0.3) is 11.1 Å². The van der Waals surface area contributed by atoms with E-state index in [1.54, 1.807) is 13.0 Å². The predicted octanol–water partition coefficient (Wildman–Crippen LogP) is 5.31. The first-order valence-electron chi connectivity index (χ1n) is 8.81. The Morgan fingerprint density at radius 1 is 1.00 bits per heavy atom. The topological polar surface area (TPSA) is 65.9 Å². The van der Waals surface area contributed by atoms with Crippen molar-refractivity contribution in [3.05, 3.63) is 81.8 Å². The number of H-pyrrole nitrogens is 1. The highest BCUT2D eigenvalue weighted by Crippen LogP contribution is 2.35. The van der Waals surface area contributed by atoms with Gasteiger partial charge >= 0.3 is 0 Å². The summed E-state index contributed by atoms with van der Waals surface area (Å²) in [4.78, 5) is 14.8. The number of ether oxygens (including phenoxy) is 1. The number of hydrogen-bond donors (Lipinski definition) is 1. The van der Waals surface area contributed by atoms with E-state index < -0.39 is 5.56 Å². The van der Waals surface area contributed by atoms with E-state index in [9.17, 15) is 10.1 Å². The monoisotopic (exact) mass is 358 g/mol. The zero-order chi connectivity index (χ0) is 19.6. The van der Waals surface area contributed by atoms with Crippen LogP contribution in [0.4, 0.5) is 0 Å². The van der Waals surface area contributed by atoms with Crippen molar-refractivity contribution in [3.63, 3.8) is 0 Å². The third kappa shape index (κ3) is 3.93. The Morgan fingerprint density at radius 2 is 1.74 bits per heavy atom. The Labute approximate surface area is 159 Å². The summed E-state index contributed by atoms with van der Waals surface area (Å²) in [6.45, 7) is 8.25. The van der Waals surface area contributed by atoms with E-state index in [1.807, 2.05) is 48.5 Å². The first kappa shape index (κ1) is 18.5. The van der Waals surface area contributed by atoms with Crippen molar-refractivity contribution >= 4 is 0 Å². The molecule has 1 aromatic heterocycles. The number of aromatic amines is 1. The summed E-state index contributed by atoms with van der Waals surface area (Å²) in [5, 5.41) is 9.45. The Hall–Kier alpha value is -3.32. The number of nitrogens with one attached hydrogen (secondary N) is 1. The molecule has 0 spiro atoms.